The van der Waals surface area contributed by atoms with E-state index >= 15 is 0 Å². The third-order valence-corrected chi connectivity index (χ3v) is 4.46. The minimum atomic E-state index is -0.490. The van der Waals surface area contributed by atoms with Crippen molar-refractivity contribution in [2.75, 3.05) is 12.4 Å². The van der Waals surface area contributed by atoms with Crippen LogP contribution < -0.4 is 15.6 Å². The zero-order chi connectivity index (χ0) is 19.4. The average Bonchev–Trinajstić information content (AvgIpc) is 3.12. The maximum Gasteiger partial charge on any atom is 0.277 e. The number of anilines is 1. The molecule has 1 N–H and O–H groups in total. The number of carbonyl (C=O) groups is 1. The molecule has 7 nitrogen and oxygen atoms in total. The molecule has 0 aliphatic rings. The van der Waals surface area contributed by atoms with Gasteiger partial charge >= 0.3 is 0 Å². The Morgan fingerprint density at radius 2 is 2.15 bits per heavy atom. The minimum Gasteiger partial charge on any atom is -0.494 e. The van der Waals surface area contributed by atoms with E-state index in [0.717, 1.165) is 6.42 Å². The molecule has 0 atom stereocenters. The van der Waals surface area contributed by atoms with Gasteiger partial charge in [-0.2, -0.15) is 5.10 Å². The lowest BCUT2D eigenvalue weighted by molar-refractivity contribution is 0.101. The van der Waals surface area contributed by atoms with Gasteiger partial charge in [0.1, 0.15) is 5.69 Å². The Kier molecular flexibility index (Phi) is 5.60. The summed E-state index contributed by atoms with van der Waals surface area (Å²) in [6.07, 6.45) is 0.728. The summed E-state index contributed by atoms with van der Waals surface area (Å²) in [6.45, 7) is 2.35. The molecule has 0 unspecified atom stereocenters. The van der Waals surface area contributed by atoms with Gasteiger partial charge in [-0.25, -0.2) is 14.1 Å². The molecule has 140 valence electrons. The van der Waals surface area contributed by atoms with E-state index in [0.29, 0.717) is 22.9 Å². The van der Waals surface area contributed by atoms with Gasteiger partial charge in [-0.1, -0.05) is 6.92 Å². The fraction of sp³-hybridized carbons (Fsp3) is 0.222. The predicted molar refractivity (Wildman–Crippen MR) is 101 cm³/mol. The SMILES string of the molecule is CCCn1nc(C(=O)Nc2nc(-c3ccc(OC)c(F)c3)cs2)ccc1=O. The van der Waals surface area contributed by atoms with Crippen LogP contribution in [-0.4, -0.2) is 27.8 Å². The maximum atomic E-state index is 13.9. The van der Waals surface area contributed by atoms with Crippen LogP contribution in [0.2, 0.25) is 0 Å². The van der Waals surface area contributed by atoms with Crippen LogP contribution >= 0.6 is 11.3 Å². The first-order valence-corrected chi connectivity index (χ1v) is 9.08. The van der Waals surface area contributed by atoms with Crippen LogP contribution in [-0.2, 0) is 6.54 Å². The van der Waals surface area contributed by atoms with Crippen molar-refractivity contribution < 1.29 is 13.9 Å². The Morgan fingerprint density at radius 3 is 2.85 bits per heavy atom. The van der Waals surface area contributed by atoms with Crippen LogP contribution in [0.3, 0.4) is 0 Å². The number of amides is 1. The Bertz CT molecular complexity index is 1030. The quantitative estimate of drug-likeness (QED) is 0.701. The third kappa shape index (κ3) is 4.20. The molecule has 0 bridgehead atoms. The second-order valence-electron chi connectivity index (χ2n) is 5.62. The number of thiazole rings is 1. The van der Waals surface area contributed by atoms with Crippen LogP contribution in [0.25, 0.3) is 11.3 Å². The molecule has 0 aliphatic heterocycles. The van der Waals surface area contributed by atoms with Crippen molar-refractivity contribution in [3.8, 4) is 17.0 Å². The third-order valence-electron chi connectivity index (χ3n) is 3.71. The highest BCUT2D eigenvalue weighted by Crippen LogP contribution is 2.28. The molecule has 0 aliphatic carbocycles. The standard InChI is InChI=1S/C18H17FN4O3S/c1-3-8-23-16(24)7-5-13(22-23)17(25)21-18-20-14(10-27-18)11-4-6-15(26-2)12(19)9-11/h4-7,9-10H,3,8H2,1-2H3,(H,20,21,25). The van der Waals surface area contributed by atoms with E-state index in [2.05, 4.69) is 15.4 Å². The normalized spacial score (nSPS) is 10.6. The highest BCUT2D eigenvalue weighted by molar-refractivity contribution is 7.14. The van der Waals surface area contributed by atoms with Gasteiger partial charge in [0, 0.05) is 23.6 Å². The lowest BCUT2D eigenvalue weighted by Crippen LogP contribution is -2.26. The summed E-state index contributed by atoms with van der Waals surface area (Å²) < 4.78 is 20.0. The number of carbonyl (C=O) groups excluding carboxylic acids is 1. The van der Waals surface area contributed by atoms with Crippen molar-refractivity contribution in [3.63, 3.8) is 0 Å². The molecule has 1 amide bonds. The first-order chi connectivity index (χ1) is 13.0. The molecule has 27 heavy (non-hydrogen) atoms. The van der Waals surface area contributed by atoms with Crippen molar-refractivity contribution in [2.45, 2.75) is 19.9 Å². The molecule has 2 heterocycles. The lowest BCUT2D eigenvalue weighted by atomic mass is 10.1. The molecule has 1 aromatic carbocycles. The number of methoxy groups -OCH3 is 1. The van der Waals surface area contributed by atoms with E-state index in [4.69, 9.17) is 4.74 Å². The number of aryl methyl sites for hydroxylation is 1. The van der Waals surface area contributed by atoms with Gasteiger partial charge in [0.25, 0.3) is 11.5 Å². The van der Waals surface area contributed by atoms with Crippen LogP contribution in [0.15, 0.2) is 40.5 Å². The van der Waals surface area contributed by atoms with Crippen molar-refractivity contribution in [1.82, 2.24) is 14.8 Å². The second kappa shape index (κ2) is 8.09. The molecular formula is C18H17FN4O3S. The fourth-order valence-electron chi connectivity index (χ4n) is 2.39. The topological polar surface area (TPSA) is 86.1 Å². The Labute approximate surface area is 158 Å². The van der Waals surface area contributed by atoms with Gasteiger partial charge in [0.05, 0.1) is 12.8 Å². The summed E-state index contributed by atoms with van der Waals surface area (Å²) in [4.78, 5) is 28.4. The van der Waals surface area contributed by atoms with Crippen molar-refractivity contribution in [3.05, 3.63) is 57.6 Å². The molecule has 3 rings (SSSR count). The summed E-state index contributed by atoms with van der Waals surface area (Å²) in [5.74, 6) is -0.812. The molecule has 9 heteroatoms. The molecule has 0 spiro atoms. The zero-order valence-corrected chi connectivity index (χ0v) is 15.5. The minimum absolute atomic E-state index is 0.121. The highest BCUT2D eigenvalue weighted by Gasteiger charge is 2.13. The van der Waals surface area contributed by atoms with Crippen molar-refractivity contribution in [1.29, 1.82) is 0 Å². The van der Waals surface area contributed by atoms with Gasteiger partial charge in [0.15, 0.2) is 16.7 Å². The number of nitrogens with zero attached hydrogens (tertiary/aromatic N) is 3. The number of nitrogens with one attached hydrogen (secondary N) is 1. The van der Waals surface area contributed by atoms with E-state index in [9.17, 15) is 14.0 Å². The number of aromatic nitrogens is 3. The fourth-order valence-corrected chi connectivity index (χ4v) is 3.11. The largest absolute Gasteiger partial charge is 0.494 e. The predicted octanol–water partition coefficient (Wildman–Crippen LogP) is 3.18. The van der Waals surface area contributed by atoms with E-state index in [1.807, 2.05) is 6.92 Å². The first kappa shape index (κ1) is 18.7. The number of hydrogen-bond acceptors (Lipinski definition) is 6. The summed E-state index contributed by atoms with van der Waals surface area (Å²) in [6, 6.07) is 7.21. The number of ether oxygens (including phenoxy) is 1. The van der Waals surface area contributed by atoms with Gasteiger partial charge in [-0.3, -0.25) is 14.9 Å². The molecule has 0 radical (unpaired) electrons. The van der Waals surface area contributed by atoms with E-state index in [1.165, 1.54) is 47.4 Å². The molecule has 2 aromatic heterocycles. The summed E-state index contributed by atoms with van der Waals surface area (Å²) in [7, 11) is 1.40. The summed E-state index contributed by atoms with van der Waals surface area (Å²) in [5.41, 5.74) is 0.960. The molecule has 0 fully saturated rings. The van der Waals surface area contributed by atoms with Gasteiger partial charge in [0.2, 0.25) is 0 Å². The number of hydrogen-bond donors (Lipinski definition) is 1. The monoisotopic (exact) mass is 388 g/mol. The Morgan fingerprint density at radius 1 is 1.33 bits per heavy atom. The average molecular weight is 388 g/mol. The molecular weight excluding hydrogens is 371 g/mol. The van der Waals surface area contributed by atoms with Crippen LogP contribution in [0, 0.1) is 5.82 Å². The van der Waals surface area contributed by atoms with Gasteiger partial charge in [-0.15, -0.1) is 11.3 Å². The maximum absolute atomic E-state index is 13.9. The van der Waals surface area contributed by atoms with Crippen LogP contribution in [0.4, 0.5) is 9.52 Å². The highest BCUT2D eigenvalue weighted by atomic mass is 32.1. The van der Waals surface area contributed by atoms with Gasteiger partial charge < -0.3 is 4.74 Å². The summed E-state index contributed by atoms with van der Waals surface area (Å²) >= 11 is 1.21. The number of benzene rings is 1. The van der Waals surface area contributed by atoms with Crippen molar-refractivity contribution in [2.24, 2.45) is 0 Å². The van der Waals surface area contributed by atoms with Gasteiger partial charge in [-0.05, 0) is 30.7 Å². The van der Waals surface area contributed by atoms with Crippen LogP contribution in [0.5, 0.6) is 5.75 Å². The number of halogens is 1. The zero-order valence-electron chi connectivity index (χ0n) is 14.7. The van der Waals surface area contributed by atoms with E-state index in [1.54, 1.807) is 11.4 Å². The summed E-state index contributed by atoms with van der Waals surface area (Å²) in [5, 5.41) is 8.76. The Hall–Kier alpha value is -3.07. The molecule has 0 saturated carbocycles. The first-order valence-electron chi connectivity index (χ1n) is 8.20. The molecule has 3 aromatic rings. The smallest absolute Gasteiger partial charge is 0.277 e. The number of rotatable bonds is 6. The Balaban J connectivity index is 1.77. The second-order valence-corrected chi connectivity index (χ2v) is 6.48. The molecule has 0 saturated heterocycles. The van der Waals surface area contributed by atoms with E-state index in [-0.39, 0.29) is 17.0 Å². The van der Waals surface area contributed by atoms with Crippen molar-refractivity contribution >= 4 is 22.4 Å². The lowest BCUT2D eigenvalue weighted by Gasteiger charge is -2.05. The van der Waals surface area contributed by atoms with E-state index < -0.39 is 11.7 Å². The van der Waals surface area contributed by atoms with Crippen LogP contribution in [0.1, 0.15) is 23.8 Å².